The number of rotatable bonds is 3. The molecule has 1 aromatic rings. The minimum absolute atomic E-state index is 0.134. The molecule has 18 heavy (non-hydrogen) atoms. The summed E-state index contributed by atoms with van der Waals surface area (Å²) in [4.78, 5) is 13.6. The molecule has 2 rings (SSSR count). The molecule has 0 radical (unpaired) electrons. The molecule has 0 bridgehead atoms. The summed E-state index contributed by atoms with van der Waals surface area (Å²) in [5.74, 6) is -1.07. The quantitative estimate of drug-likeness (QED) is 0.785. The Kier molecular flexibility index (Phi) is 4.32. The Hall–Kier alpha value is -0.970. The van der Waals surface area contributed by atoms with Crippen molar-refractivity contribution >= 4 is 21.8 Å². The first kappa shape index (κ1) is 13.5. The van der Waals surface area contributed by atoms with E-state index in [4.69, 9.17) is 0 Å². The number of nitrogens with zero attached hydrogens (tertiary/aromatic N) is 1. The third-order valence-corrected chi connectivity index (χ3v) is 4.16. The van der Waals surface area contributed by atoms with E-state index < -0.39 is 11.6 Å². The van der Waals surface area contributed by atoms with Crippen LogP contribution in [0.4, 0.5) is 8.78 Å². The highest BCUT2D eigenvalue weighted by Crippen LogP contribution is 2.20. The summed E-state index contributed by atoms with van der Waals surface area (Å²) in [5.41, 5.74) is -0.134. The second-order valence-electron chi connectivity index (χ2n) is 4.53. The maximum atomic E-state index is 13.4. The van der Waals surface area contributed by atoms with Crippen LogP contribution in [-0.4, -0.2) is 29.2 Å². The zero-order valence-electron chi connectivity index (χ0n) is 9.83. The van der Waals surface area contributed by atoms with Crippen LogP contribution in [0.2, 0.25) is 0 Å². The van der Waals surface area contributed by atoms with Gasteiger partial charge in [-0.1, -0.05) is 22.0 Å². The summed E-state index contributed by atoms with van der Waals surface area (Å²) in [6, 6.07) is 3.66. The summed E-state index contributed by atoms with van der Waals surface area (Å²) in [6.07, 6.45) is 0.740. The van der Waals surface area contributed by atoms with Crippen molar-refractivity contribution in [3.8, 4) is 0 Å². The fourth-order valence-corrected chi connectivity index (χ4v) is 2.68. The van der Waals surface area contributed by atoms with E-state index in [1.54, 1.807) is 4.90 Å². The molecule has 1 fully saturated rings. The number of carbonyl (C=O) groups excluding carboxylic acids is 1. The van der Waals surface area contributed by atoms with E-state index in [1.807, 2.05) is 0 Å². The van der Waals surface area contributed by atoms with Crippen molar-refractivity contribution < 1.29 is 13.6 Å². The van der Waals surface area contributed by atoms with E-state index in [2.05, 4.69) is 15.9 Å². The van der Waals surface area contributed by atoms with Gasteiger partial charge in [0.1, 0.15) is 11.6 Å². The van der Waals surface area contributed by atoms with Gasteiger partial charge in [-0.3, -0.25) is 4.79 Å². The standard InChI is InChI=1S/C13H14BrF2NO/c14-7-9-4-5-17(8-9)13(18)6-10-11(15)2-1-3-12(10)16/h1-3,9H,4-8H2. The normalized spacial score (nSPS) is 19.3. The predicted octanol–water partition coefficient (Wildman–Crippen LogP) is 2.75. The van der Waals surface area contributed by atoms with Crippen molar-refractivity contribution in [1.29, 1.82) is 0 Å². The molecule has 2 nitrogen and oxygen atoms in total. The van der Waals surface area contributed by atoms with Gasteiger partial charge in [0.2, 0.25) is 5.91 Å². The second-order valence-corrected chi connectivity index (χ2v) is 5.17. The monoisotopic (exact) mass is 317 g/mol. The number of carbonyl (C=O) groups is 1. The lowest BCUT2D eigenvalue weighted by Crippen LogP contribution is -2.30. The Labute approximate surface area is 113 Å². The first-order chi connectivity index (χ1) is 8.61. The second kappa shape index (κ2) is 5.78. The highest BCUT2D eigenvalue weighted by Gasteiger charge is 2.26. The smallest absolute Gasteiger partial charge is 0.227 e. The van der Waals surface area contributed by atoms with Crippen LogP contribution in [0, 0.1) is 17.6 Å². The molecule has 5 heteroatoms. The first-order valence-electron chi connectivity index (χ1n) is 5.88. The van der Waals surface area contributed by atoms with Gasteiger partial charge >= 0.3 is 0 Å². The van der Waals surface area contributed by atoms with E-state index in [0.717, 1.165) is 11.8 Å². The van der Waals surface area contributed by atoms with Gasteiger partial charge in [-0.05, 0) is 24.5 Å². The minimum atomic E-state index is -0.653. The van der Waals surface area contributed by atoms with Crippen LogP contribution >= 0.6 is 15.9 Å². The lowest BCUT2D eigenvalue weighted by atomic mass is 10.1. The predicted molar refractivity (Wildman–Crippen MR) is 68.5 cm³/mol. The average molecular weight is 318 g/mol. The minimum Gasteiger partial charge on any atom is -0.342 e. The van der Waals surface area contributed by atoms with Gasteiger partial charge < -0.3 is 4.90 Å². The summed E-state index contributed by atoms with van der Waals surface area (Å²) >= 11 is 3.38. The van der Waals surface area contributed by atoms with E-state index in [-0.39, 0.29) is 17.9 Å². The Morgan fingerprint density at radius 2 is 2.06 bits per heavy atom. The van der Waals surface area contributed by atoms with Crippen LogP contribution in [0.5, 0.6) is 0 Å². The molecule has 1 atom stereocenters. The molecule has 1 heterocycles. The van der Waals surface area contributed by atoms with Crippen LogP contribution < -0.4 is 0 Å². The molecule has 1 amide bonds. The molecule has 1 aromatic carbocycles. The zero-order valence-corrected chi connectivity index (χ0v) is 11.4. The van der Waals surface area contributed by atoms with Crippen LogP contribution in [0.15, 0.2) is 18.2 Å². The fraction of sp³-hybridized carbons (Fsp3) is 0.462. The van der Waals surface area contributed by atoms with Gasteiger partial charge in [0.05, 0.1) is 6.42 Å². The average Bonchev–Trinajstić information content (AvgIpc) is 2.82. The van der Waals surface area contributed by atoms with Crippen LogP contribution in [-0.2, 0) is 11.2 Å². The van der Waals surface area contributed by atoms with Gasteiger partial charge in [0.15, 0.2) is 0 Å². The molecule has 0 saturated carbocycles. The topological polar surface area (TPSA) is 20.3 Å². The molecular weight excluding hydrogens is 304 g/mol. The molecule has 0 aromatic heterocycles. The molecule has 1 aliphatic heterocycles. The highest BCUT2D eigenvalue weighted by atomic mass is 79.9. The summed E-state index contributed by atoms with van der Waals surface area (Å²) in [6.45, 7) is 1.34. The van der Waals surface area contributed by atoms with E-state index in [1.165, 1.54) is 18.2 Å². The van der Waals surface area contributed by atoms with Crippen LogP contribution in [0.1, 0.15) is 12.0 Å². The van der Waals surface area contributed by atoms with Crippen LogP contribution in [0.3, 0.4) is 0 Å². The molecule has 1 unspecified atom stereocenters. The third-order valence-electron chi connectivity index (χ3n) is 3.25. The van der Waals surface area contributed by atoms with Crippen molar-refractivity contribution in [2.45, 2.75) is 12.8 Å². The Morgan fingerprint density at radius 3 is 2.61 bits per heavy atom. The first-order valence-corrected chi connectivity index (χ1v) is 7.00. The molecule has 1 aliphatic rings. The van der Waals surface area contributed by atoms with Crippen LogP contribution in [0.25, 0.3) is 0 Å². The molecule has 98 valence electrons. The van der Waals surface area contributed by atoms with E-state index in [0.29, 0.717) is 19.0 Å². The van der Waals surface area contributed by atoms with Gasteiger partial charge in [0.25, 0.3) is 0 Å². The number of hydrogen-bond donors (Lipinski definition) is 0. The number of halogens is 3. The molecule has 0 spiro atoms. The van der Waals surface area contributed by atoms with Crippen molar-refractivity contribution in [1.82, 2.24) is 4.90 Å². The van der Waals surface area contributed by atoms with E-state index >= 15 is 0 Å². The molecule has 0 N–H and O–H groups in total. The number of amides is 1. The fourth-order valence-electron chi connectivity index (χ4n) is 2.15. The summed E-state index contributed by atoms with van der Waals surface area (Å²) in [7, 11) is 0. The van der Waals surface area contributed by atoms with E-state index in [9.17, 15) is 13.6 Å². The lowest BCUT2D eigenvalue weighted by Gasteiger charge is -2.16. The molecular formula is C13H14BrF2NO. The number of alkyl halides is 1. The van der Waals surface area contributed by atoms with Crippen molar-refractivity contribution in [2.75, 3.05) is 18.4 Å². The van der Waals surface area contributed by atoms with Gasteiger partial charge in [0, 0.05) is 24.0 Å². The highest BCUT2D eigenvalue weighted by molar-refractivity contribution is 9.09. The number of hydrogen-bond acceptors (Lipinski definition) is 1. The molecule has 1 saturated heterocycles. The van der Waals surface area contributed by atoms with Gasteiger partial charge in [-0.15, -0.1) is 0 Å². The Morgan fingerprint density at radius 1 is 1.39 bits per heavy atom. The van der Waals surface area contributed by atoms with Crippen molar-refractivity contribution in [3.63, 3.8) is 0 Å². The zero-order chi connectivity index (χ0) is 13.1. The Balaban J connectivity index is 2.04. The SMILES string of the molecule is O=C(Cc1c(F)cccc1F)N1CCC(CBr)C1. The van der Waals surface area contributed by atoms with Gasteiger partial charge in [-0.25, -0.2) is 8.78 Å². The Bertz CT molecular complexity index is 432. The maximum Gasteiger partial charge on any atom is 0.227 e. The maximum absolute atomic E-state index is 13.4. The lowest BCUT2D eigenvalue weighted by molar-refractivity contribution is -0.129. The number of benzene rings is 1. The third kappa shape index (κ3) is 2.88. The van der Waals surface area contributed by atoms with Crippen molar-refractivity contribution in [2.24, 2.45) is 5.92 Å². The molecule has 0 aliphatic carbocycles. The number of likely N-dealkylation sites (tertiary alicyclic amines) is 1. The summed E-state index contributed by atoms with van der Waals surface area (Å²) in [5, 5.41) is 0.852. The van der Waals surface area contributed by atoms with Gasteiger partial charge in [-0.2, -0.15) is 0 Å². The largest absolute Gasteiger partial charge is 0.342 e. The van der Waals surface area contributed by atoms with Crippen molar-refractivity contribution in [3.05, 3.63) is 35.4 Å². The summed E-state index contributed by atoms with van der Waals surface area (Å²) < 4.78 is 26.8.